The maximum Gasteiger partial charge on any atom is 0.310 e. The summed E-state index contributed by atoms with van der Waals surface area (Å²) in [5.41, 5.74) is -0.594. The van der Waals surface area contributed by atoms with Gasteiger partial charge < -0.3 is 14.2 Å². The molecular weight excluding hydrogens is 416 g/mol. The van der Waals surface area contributed by atoms with Crippen molar-refractivity contribution in [1.29, 1.82) is 0 Å². The van der Waals surface area contributed by atoms with E-state index in [0.717, 1.165) is 12.8 Å². The first kappa shape index (κ1) is 27.3. The van der Waals surface area contributed by atoms with E-state index in [9.17, 15) is 9.59 Å². The second-order valence-electron chi connectivity index (χ2n) is 9.40. The van der Waals surface area contributed by atoms with Gasteiger partial charge in [0.05, 0.1) is 12.3 Å². The highest BCUT2D eigenvalue weighted by molar-refractivity contribution is 6.30. The highest BCUT2D eigenvalue weighted by Gasteiger charge is 2.34. The van der Waals surface area contributed by atoms with Crippen molar-refractivity contribution in [2.75, 3.05) is 0 Å². The first-order valence-electron chi connectivity index (χ1n) is 11.2. The molecular formula is C25H39ClO5. The number of halogens is 1. The summed E-state index contributed by atoms with van der Waals surface area (Å²) in [7, 11) is 0. The maximum absolute atomic E-state index is 13.0. The second kappa shape index (κ2) is 12.3. The van der Waals surface area contributed by atoms with Crippen LogP contribution in [0.3, 0.4) is 0 Å². The molecule has 3 atom stereocenters. The minimum atomic E-state index is -0.594. The normalized spacial score (nSPS) is 14.8. The molecule has 5 nitrogen and oxygen atoms in total. The van der Waals surface area contributed by atoms with Crippen LogP contribution in [0, 0.1) is 17.8 Å². The van der Waals surface area contributed by atoms with Gasteiger partial charge in [0, 0.05) is 5.02 Å². The van der Waals surface area contributed by atoms with E-state index >= 15 is 0 Å². The number of carbonyl (C=O) groups excluding carboxylic acids is 2. The van der Waals surface area contributed by atoms with Crippen LogP contribution in [0.25, 0.3) is 0 Å². The van der Waals surface area contributed by atoms with Gasteiger partial charge in [0.1, 0.15) is 23.6 Å². The Balaban J connectivity index is 2.94. The highest BCUT2D eigenvalue weighted by atomic mass is 35.5. The minimum absolute atomic E-state index is 0.00577. The molecule has 1 aromatic rings. The fourth-order valence-corrected chi connectivity index (χ4v) is 3.62. The van der Waals surface area contributed by atoms with Crippen molar-refractivity contribution in [1.82, 2.24) is 0 Å². The van der Waals surface area contributed by atoms with Crippen LogP contribution in [0.1, 0.15) is 74.7 Å². The predicted octanol–water partition coefficient (Wildman–Crippen LogP) is 6.46. The van der Waals surface area contributed by atoms with Crippen molar-refractivity contribution >= 4 is 23.5 Å². The summed E-state index contributed by atoms with van der Waals surface area (Å²) in [6.45, 7) is 15.3. The summed E-state index contributed by atoms with van der Waals surface area (Å²) in [6.07, 6.45) is 0.987. The molecule has 1 aromatic carbocycles. The molecule has 6 heteroatoms. The lowest BCUT2D eigenvalue weighted by atomic mass is 9.91. The average molecular weight is 455 g/mol. The lowest BCUT2D eigenvalue weighted by Gasteiger charge is -2.32. The number of hydrogen-bond donors (Lipinski definition) is 0. The molecule has 0 fully saturated rings. The largest absolute Gasteiger partial charge is 0.486 e. The number of esters is 2. The zero-order valence-electron chi connectivity index (χ0n) is 20.2. The van der Waals surface area contributed by atoms with E-state index in [1.807, 2.05) is 53.7 Å². The van der Waals surface area contributed by atoms with Gasteiger partial charge in [0.25, 0.3) is 0 Å². The topological polar surface area (TPSA) is 61.8 Å². The van der Waals surface area contributed by atoms with Gasteiger partial charge in [0.15, 0.2) is 0 Å². The molecule has 176 valence electrons. The third-order valence-electron chi connectivity index (χ3n) is 5.28. The van der Waals surface area contributed by atoms with E-state index in [2.05, 4.69) is 13.8 Å². The van der Waals surface area contributed by atoms with Crippen LogP contribution >= 0.6 is 11.6 Å². The summed E-state index contributed by atoms with van der Waals surface area (Å²) < 4.78 is 17.5. The SMILES string of the molecule is CCC(CC)[C@@H](Oc1ccc(Cl)cc1)[C@H](C)OC(=O)[C@@H](CC(=O)OC(C)(C)C)C(C)C. The third-order valence-corrected chi connectivity index (χ3v) is 5.53. The van der Waals surface area contributed by atoms with E-state index in [4.69, 9.17) is 25.8 Å². The van der Waals surface area contributed by atoms with Gasteiger partial charge >= 0.3 is 11.9 Å². The van der Waals surface area contributed by atoms with Gasteiger partial charge in [-0.15, -0.1) is 0 Å². The molecule has 0 amide bonds. The van der Waals surface area contributed by atoms with Crippen molar-refractivity contribution in [2.45, 2.75) is 92.5 Å². The Kier molecular flexibility index (Phi) is 10.9. The van der Waals surface area contributed by atoms with Crippen LogP contribution < -0.4 is 4.74 Å². The summed E-state index contributed by atoms with van der Waals surface area (Å²) >= 11 is 5.98. The Morgan fingerprint density at radius 1 is 1.00 bits per heavy atom. The van der Waals surface area contributed by atoms with E-state index in [0.29, 0.717) is 10.8 Å². The fourth-order valence-electron chi connectivity index (χ4n) is 3.49. The summed E-state index contributed by atoms with van der Waals surface area (Å²) in [6, 6.07) is 7.16. The molecule has 1 rings (SSSR count). The zero-order chi connectivity index (χ0) is 23.8. The van der Waals surface area contributed by atoms with Crippen LogP contribution in [0.2, 0.25) is 5.02 Å². The molecule has 0 aliphatic heterocycles. The molecule has 0 radical (unpaired) electrons. The zero-order valence-corrected chi connectivity index (χ0v) is 21.0. The van der Waals surface area contributed by atoms with Crippen molar-refractivity contribution in [2.24, 2.45) is 17.8 Å². The molecule has 0 saturated carbocycles. The quantitative estimate of drug-likeness (QED) is 0.359. The van der Waals surface area contributed by atoms with Crippen LogP contribution in [0.5, 0.6) is 5.75 Å². The predicted molar refractivity (Wildman–Crippen MR) is 124 cm³/mol. The standard InChI is InChI=1S/C25H39ClO5/c1-9-18(10-2)23(30-20-13-11-19(26)12-14-20)17(5)29-24(28)21(16(3)4)15-22(27)31-25(6,7)8/h11-14,16-18,21,23H,9-10,15H2,1-8H3/t17-,21-,23-/m0/s1. The van der Waals surface area contributed by atoms with Crippen LogP contribution in [0.4, 0.5) is 0 Å². The summed E-state index contributed by atoms with van der Waals surface area (Å²) in [5.74, 6) is -0.542. The van der Waals surface area contributed by atoms with Gasteiger partial charge in [-0.05, 0) is 76.6 Å². The molecule has 31 heavy (non-hydrogen) atoms. The molecule has 0 aliphatic carbocycles. The number of hydrogen-bond acceptors (Lipinski definition) is 5. The Morgan fingerprint density at radius 3 is 2.00 bits per heavy atom. The molecule has 0 aromatic heterocycles. The third kappa shape index (κ3) is 9.51. The molecule has 0 N–H and O–H groups in total. The van der Waals surface area contributed by atoms with Gasteiger partial charge in [-0.2, -0.15) is 0 Å². The van der Waals surface area contributed by atoms with Gasteiger partial charge in [0.2, 0.25) is 0 Å². The van der Waals surface area contributed by atoms with E-state index in [1.165, 1.54) is 0 Å². The first-order chi connectivity index (χ1) is 14.4. The van der Waals surface area contributed by atoms with Gasteiger partial charge in [-0.3, -0.25) is 9.59 Å². The van der Waals surface area contributed by atoms with E-state index in [1.54, 1.807) is 12.1 Å². The van der Waals surface area contributed by atoms with E-state index in [-0.39, 0.29) is 24.4 Å². The lowest BCUT2D eigenvalue weighted by molar-refractivity contribution is -0.168. The van der Waals surface area contributed by atoms with Crippen molar-refractivity contribution in [3.05, 3.63) is 29.3 Å². The van der Waals surface area contributed by atoms with Gasteiger partial charge in [-0.25, -0.2) is 0 Å². The number of carbonyl (C=O) groups is 2. The number of benzene rings is 1. The number of rotatable bonds is 11. The Bertz CT molecular complexity index is 689. The monoisotopic (exact) mass is 454 g/mol. The van der Waals surface area contributed by atoms with Crippen molar-refractivity contribution in [3.63, 3.8) is 0 Å². The summed E-state index contributed by atoms with van der Waals surface area (Å²) in [4.78, 5) is 25.3. The number of ether oxygens (including phenoxy) is 3. The fraction of sp³-hybridized carbons (Fsp3) is 0.680. The second-order valence-corrected chi connectivity index (χ2v) is 9.83. The van der Waals surface area contributed by atoms with E-state index < -0.39 is 29.6 Å². The molecule has 0 bridgehead atoms. The van der Waals surface area contributed by atoms with Crippen molar-refractivity contribution < 1.29 is 23.8 Å². The molecule has 0 heterocycles. The molecule has 0 spiro atoms. The van der Waals surface area contributed by atoms with Crippen LogP contribution in [-0.4, -0.2) is 29.7 Å². The highest BCUT2D eigenvalue weighted by Crippen LogP contribution is 2.27. The first-order valence-corrected chi connectivity index (χ1v) is 11.6. The molecule has 0 aliphatic rings. The Hall–Kier alpha value is -1.75. The Labute approximate surface area is 192 Å². The van der Waals surface area contributed by atoms with Crippen LogP contribution in [-0.2, 0) is 19.1 Å². The minimum Gasteiger partial charge on any atom is -0.486 e. The summed E-state index contributed by atoms with van der Waals surface area (Å²) in [5, 5.41) is 0.632. The van der Waals surface area contributed by atoms with Crippen LogP contribution in [0.15, 0.2) is 24.3 Å². The molecule has 0 saturated heterocycles. The smallest absolute Gasteiger partial charge is 0.310 e. The Morgan fingerprint density at radius 2 is 1.55 bits per heavy atom. The average Bonchev–Trinajstić information content (AvgIpc) is 2.66. The van der Waals surface area contributed by atoms with Gasteiger partial charge in [-0.1, -0.05) is 39.3 Å². The maximum atomic E-state index is 13.0. The van der Waals surface area contributed by atoms with Crippen molar-refractivity contribution in [3.8, 4) is 5.75 Å². The molecule has 0 unspecified atom stereocenters. The lowest BCUT2D eigenvalue weighted by Crippen LogP contribution is -2.41.